The van der Waals surface area contributed by atoms with E-state index in [0.29, 0.717) is 0 Å². The first-order chi connectivity index (χ1) is 9.38. The summed E-state index contributed by atoms with van der Waals surface area (Å²) in [6, 6.07) is 21.0. The molecule has 0 aliphatic rings. The molecule has 2 rings (SSSR count). The van der Waals surface area contributed by atoms with Gasteiger partial charge in [-0.05, 0) is 11.1 Å². The smallest absolute Gasteiger partial charge is 0.0240 e. The molecular formula is C17H18ClN. The number of nitrogens with zero attached hydrogens (tertiary/aromatic N) is 1. The topological polar surface area (TPSA) is 3.24 Å². The maximum absolute atomic E-state index is 5.64. The normalized spacial score (nSPS) is 11.3. The third kappa shape index (κ3) is 4.90. The fourth-order valence-electron chi connectivity index (χ4n) is 2.06. The molecule has 0 N–H and O–H groups in total. The summed E-state index contributed by atoms with van der Waals surface area (Å²) < 4.78 is 0. The molecular weight excluding hydrogens is 254 g/mol. The summed E-state index contributed by atoms with van der Waals surface area (Å²) in [6.07, 6.45) is 1.98. The van der Waals surface area contributed by atoms with Crippen LogP contribution in [0.25, 0.3) is 0 Å². The summed E-state index contributed by atoms with van der Waals surface area (Å²) in [6.45, 7) is 2.71. The lowest BCUT2D eigenvalue weighted by Crippen LogP contribution is -2.22. The predicted octanol–water partition coefficient (Wildman–Crippen LogP) is 4.44. The van der Waals surface area contributed by atoms with Gasteiger partial charge in [-0.15, -0.1) is 0 Å². The maximum atomic E-state index is 5.64. The van der Waals surface area contributed by atoms with Gasteiger partial charge in [-0.1, -0.05) is 78.3 Å². The van der Waals surface area contributed by atoms with Crippen molar-refractivity contribution in [2.45, 2.75) is 13.1 Å². The van der Waals surface area contributed by atoms with Crippen LogP contribution < -0.4 is 0 Å². The maximum Gasteiger partial charge on any atom is 0.0240 e. The van der Waals surface area contributed by atoms with E-state index in [-0.39, 0.29) is 0 Å². The molecule has 0 heterocycles. The molecule has 2 heteroatoms. The van der Waals surface area contributed by atoms with Gasteiger partial charge in [0.1, 0.15) is 0 Å². The second kappa shape index (κ2) is 7.78. The summed E-state index contributed by atoms with van der Waals surface area (Å²) in [5, 5.41) is 0. The lowest BCUT2D eigenvalue weighted by molar-refractivity contribution is 0.286. The SMILES string of the molecule is ClC=CCN(Cc1ccccc1)Cc1ccccc1. The lowest BCUT2D eigenvalue weighted by Gasteiger charge is -2.21. The number of rotatable bonds is 6. The first-order valence-corrected chi connectivity index (χ1v) is 6.87. The van der Waals surface area contributed by atoms with E-state index in [9.17, 15) is 0 Å². The zero-order valence-electron chi connectivity index (χ0n) is 10.9. The number of hydrogen-bond acceptors (Lipinski definition) is 1. The van der Waals surface area contributed by atoms with Gasteiger partial charge in [0, 0.05) is 25.2 Å². The molecule has 0 radical (unpaired) electrons. The van der Waals surface area contributed by atoms with Crippen LogP contribution in [0.15, 0.2) is 72.3 Å². The average molecular weight is 272 g/mol. The van der Waals surface area contributed by atoms with Gasteiger partial charge in [0.25, 0.3) is 0 Å². The molecule has 0 bridgehead atoms. The summed E-state index contributed by atoms with van der Waals surface area (Å²) in [7, 11) is 0. The van der Waals surface area contributed by atoms with Crippen molar-refractivity contribution in [2.24, 2.45) is 0 Å². The zero-order valence-corrected chi connectivity index (χ0v) is 11.6. The van der Waals surface area contributed by atoms with E-state index in [4.69, 9.17) is 11.6 Å². The third-order valence-corrected chi connectivity index (χ3v) is 3.13. The molecule has 0 saturated carbocycles. The van der Waals surface area contributed by atoms with E-state index in [1.54, 1.807) is 5.54 Å². The van der Waals surface area contributed by atoms with Gasteiger partial charge >= 0.3 is 0 Å². The first-order valence-electron chi connectivity index (χ1n) is 6.44. The predicted molar refractivity (Wildman–Crippen MR) is 82.0 cm³/mol. The van der Waals surface area contributed by atoms with Crippen LogP contribution in [-0.4, -0.2) is 11.4 Å². The zero-order chi connectivity index (χ0) is 13.3. The van der Waals surface area contributed by atoms with Gasteiger partial charge < -0.3 is 0 Å². The highest BCUT2D eigenvalue weighted by molar-refractivity contribution is 6.25. The largest absolute Gasteiger partial charge is 0.291 e. The van der Waals surface area contributed by atoms with E-state index in [0.717, 1.165) is 19.6 Å². The van der Waals surface area contributed by atoms with E-state index >= 15 is 0 Å². The minimum Gasteiger partial charge on any atom is -0.291 e. The highest BCUT2D eigenvalue weighted by Crippen LogP contribution is 2.10. The van der Waals surface area contributed by atoms with Crippen LogP contribution in [0.5, 0.6) is 0 Å². The Balaban J connectivity index is 2.03. The Hall–Kier alpha value is -1.57. The van der Waals surface area contributed by atoms with Crippen molar-refractivity contribution in [1.29, 1.82) is 0 Å². The van der Waals surface area contributed by atoms with Crippen molar-refractivity contribution < 1.29 is 0 Å². The number of halogens is 1. The minimum absolute atomic E-state index is 0.854. The van der Waals surface area contributed by atoms with Gasteiger partial charge in [0.15, 0.2) is 0 Å². The highest BCUT2D eigenvalue weighted by atomic mass is 35.5. The lowest BCUT2D eigenvalue weighted by atomic mass is 10.1. The van der Waals surface area contributed by atoms with Gasteiger partial charge in [0.2, 0.25) is 0 Å². The molecule has 2 aromatic rings. The monoisotopic (exact) mass is 271 g/mol. The Bertz CT molecular complexity index is 452. The van der Waals surface area contributed by atoms with Gasteiger partial charge in [-0.3, -0.25) is 4.90 Å². The average Bonchev–Trinajstić information content (AvgIpc) is 2.47. The van der Waals surface area contributed by atoms with Gasteiger partial charge in [-0.2, -0.15) is 0 Å². The van der Waals surface area contributed by atoms with Crippen molar-refractivity contribution in [3.05, 3.63) is 83.4 Å². The molecule has 0 atom stereocenters. The van der Waals surface area contributed by atoms with Crippen molar-refractivity contribution in [3.8, 4) is 0 Å². The molecule has 0 saturated heterocycles. The van der Waals surface area contributed by atoms with Gasteiger partial charge in [0.05, 0.1) is 0 Å². The van der Waals surface area contributed by atoms with Crippen molar-refractivity contribution in [2.75, 3.05) is 6.54 Å². The van der Waals surface area contributed by atoms with Crippen LogP contribution in [-0.2, 0) is 13.1 Å². The molecule has 0 aliphatic carbocycles. The van der Waals surface area contributed by atoms with E-state index in [1.165, 1.54) is 11.1 Å². The quantitative estimate of drug-likeness (QED) is 0.751. The van der Waals surface area contributed by atoms with Crippen molar-refractivity contribution in [1.82, 2.24) is 4.90 Å². The van der Waals surface area contributed by atoms with E-state index in [2.05, 4.69) is 53.4 Å². The summed E-state index contributed by atoms with van der Waals surface area (Å²) in [4.78, 5) is 2.36. The molecule has 0 amide bonds. The van der Waals surface area contributed by atoms with Crippen LogP contribution in [0.4, 0.5) is 0 Å². The molecule has 2 aromatic carbocycles. The van der Waals surface area contributed by atoms with Crippen LogP contribution in [0.1, 0.15) is 11.1 Å². The van der Waals surface area contributed by atoms with Gasteiger partial charge in [-0.25, -0.2) is 0 Å². The first kappa shape index (κ1) is 13.9. The molecule has 0 unspecified atom stereocenters. The number of hydrogen-bond donors (Lipinski definition) is 0. The summed E-state index contributed by atoms with van der Waals surface area (Å²) >= 11 is 5.64. The molecule has 0 fully saturated rings. The summed E-state index contributed by atoms with van der Waals surface area (Å²) in [5.74, 6) is 0. The minimum atomic E-state index is 0.854. The Morgan fingerprint density at radius 1 is 0.789 bits per heavy atom. The van der Waals surface area contributed by atoms with Crippen molar-refractivity contribution >= 4 is 11.6 Å². The second-order valence-corrected chi connectivity index (χ2v) is 4.75. The Kier molecular flexibility index (Phi) is 5.67. The Morgan fingerprint density at radius 2 is 1.26 bits per heavy atom. The number of benzene rings is 2. The van der Waals surface area contributed by atoms with E-state index < -0.39 is 0 Å². The Labute approximate surface area is 120 Å². The fraction of sp³-hybridized carbons (Fsp3) is 0.176. The molecule has 1 nitrogen and oxygen atoms in total. The van der Waals surface area contributed by atoms with E-state index in [1.807, 2.05) is 18.2 Å². The van der Waals surface area contributed by atoms with Crippen LogP contribution in [0, 0.1) is 0 Å². The third-order valence-electron chi connectivity index (χ3n) is 2.95. The second-order valence-electron chi connectivity index (χ2n) is 4.50. The van der Waals surface area contributed by atoms with Crippen molar-refractivity contribution in [3.63, 3.8) is 0 Å². The van der Waals surface area contributed by atoms with Crippen LogP contribution in [0.2, 0.25) is 0 Å². The van der Waals surface area contributed by atoms with Crippen LogP contribution >= 0.6 is 11.6 Å². The molecule has 0 aromatic heterocycles. The summed E-state index contributed by atoms with van der Waals surface area (Å²) in [5.41, 5.74) is 4.23. The molecule has 98 valence electrons. The molecule has 0 spiro atoms. The molecule has 19 heavy (non-hydrogen) atoms. The fourth-order valence-corrected chi connectivity index (χ4v) is 2.14. The highest BCUT2D eigenvalue weighted by Gasteiger charge is 2.05. The van der Waals surface area contributed by atoms with Crippen LogP contribution in [0.3, 0.4) is 0 Å². The molecule has 0 aliphatic heterocycles. The Morgan fingerprint density at radius 3 is 1.68 bits per heavy atom. The standard InChI is InChI=1S/C17H18ClN/c18-12-7-13-19(14-16-8-3-1-4-9-16)15-17-10-5-2-6-11-17/h1-12H,13-15H2.